The molecule has 1 heterocycles. The number of aryl methyl sites for hydroxylation is 1. The van der Waals surface area contributed by atoms with Crippen LogP contribution in [-0.4, -0.2) is 26.4 Å². The molecule has 3 aromatic rings. The number of aromatic nitrogens is 3. The quantitative estimate of drug-likeness (QED) is 0.350. The third-order valence-electron chi connectivity index (χ3n) is 4.39. The van der Waals surface area contributed by atoms with E-state index >= 15 is 0 Å². The fourth-order valence-electron chi connectivity index (χ4n) is 2.77. The zero-order valence-electron chi connectivity index (χ0n) is 17.1. The minimum Gasteiger partial charge on any atom is -0.351 e. The van der Waals surface area contributed by atoms with Crippen molar-refractivity contribution in [3.05, 3.63) is 89.8 Å². The van der Waals surface area contributed by atoms with Gasteiger partial charge in [-0.05, 0) is 18.1 Å². The molecular weight excluding hydrogens is 412 g/mol. The molecule has 0 bridgehead atoms. The minimum absolute atomic E-state index is 0.0210. The lowest BCUT2D eigenvalue weighted by Crippen LogP contribution is -2.24. The Morgan fingerprint density at radius 1 is 1.07 bits per heavy atom. The molecule has 0 atom stereocenters. The number of benzene rings is 2. The summed E-state index contributed by atoms with van der Waals surface area (Å²) in [5.74, 6) is 2.87. The third kappa shape index (κ3) is 6.78. The molecular formula is C23H26N4OS2. The molecule has 0 aliphatic carbocycles. The van der Waals surface area contributed by atoms with E-state index in [4.69, 9.17) is 0 Å². The average molecular weight is 439 g/mol. The fraction of sp³-hybridized carbons (Fsp3) is 0.261. The van der Waals surface area contributed by atoms with Crippen molar-refractivity contribution in [1.29, 1.82) is 0 Å². The van der Waals surface area contributed by atoms with Crippen molar-refractivity contribution >= 4 is 29.4 Å². The topological polar surface area (TPSA) is 59.8 Å². The molecule has 0 unspecified atom stereocenters. The van der Waals surface area contributed by atoms with E-state index in [2.05, 4.69) is 53.3 Å². The summed E-state index contributed by atoms with van der Waals surface area (Å²) in [6.07, 6.45) is 1.83. The van der Waals surface area contributed by atoms with E-state index in [0.717, 1.165) is 28.0 Å². The van der Waals surface area contributed by atoms with Gasteiger partial charge in [-0.25, -0.2) is 0 Å². The Labute approximate surface area is 186 Å². The predicted octanol–water partition coefficient (Wildman–Crippen LogP) is 4.61. The molecule has 0 aliphatic heterocycles. The Bertz CT molecular complexity index is 955. The zero-order chi connectivity index (χ0) is 21.2. The summed E-state index contributed by atoms with van der Waals surface area (Å²) in [4.78, 5) is 12.2. The van der Waals surface area contributed by atoms with Crippen LogP contribution in [0.5, 0.6) is 0 Å². The number of nitrogens with zero attached hydrogens (tertiary/aromatic N) is 3. The highest BCUT2D eigenvalue weighted by Crippen LogP contribution is 2.22. The van der Waals surface area contributed by atoms with E-state index in [9.17, 15) is 4.79 Å². The summed E-state index contributed by atoms with van der Waals surface area (Å²) >= 11 is 3.21. The molecule has 1 amide bonds. The minimum atomic E-state index is -0.0210. The first kappa shape index (κ1) is 22.2. The number of carbonyl (C=O) groups excluding carboxylic acids is 1. The fourth-order valence-corrected chi connectivity index (χ4v) is 4.49. The number of rotatable bonds is 11. The van der Waals surface area contributed by atoms with Crippen LogP contribution in [0.2, 0.25) is 0 Å². The van der Waals surface area contributed by atoms with Crippen LogP contribution in [-0.2, 0) is 29.4 Å². The van der Waals surface area contributed by atoms with Crippen molar-refractivity contribution < 1.29 is 4.79 Å². The molecule has 1 aromatic heterocycles. The molecule has 0 fully saturated rings. The number of thioether (sulfide) groups is 2. The van der Waals surface area contributed by atoms with Gasteiger partial charge in [0.25, 0.3) is 0 Å². The van der Waals surface area contributed by atoms with Crippen LogP contribution in [0.25, 0.3) is 0 Å². The van der Waals surface area contributed by atoms with E-state index in [1.165, 1.54) is 22.9 Å². The average Bonchev–Trinajstić information content (AvgIpc) is 3.15. The first-order valence-electron chi connectivity index (χ1n) is 9.75. The van der Waals surface area contributed by atoms with E-state index in [0.29, 0.717) is 18.8 Å². The number of carbonyl (C=O) groups is 1. The Kier molecular flexibility index (Phi) is 8.59. The van der Waals surface area contributed by atoms with Gasteiger partial charge in [-0.15, -0.1) is 28.5 Å². The van der Waals surface area contributed by atoms with Crippen molar-refractivity contribution in [1.82, 2.24) is 20.1 Å². The second-order valence-corrected chi connectivity index (χ2v) is 8.76. The molecule has 1 N–H and O–H groups in total. The van der Waals surface area contributed by atoms with Crippen molar-refractivity contribution in [3.63, 3.8) is 0 Å². The Hall–Kier alpha value is -2.51. The van der Waals surface area contributed by atoms with Gasteiger partial charge in [-0.1, -0.05) is 78.0 Å². The van der Waals surface area contributed by atoms with Gasteiger partial charge in [0, 0.05) is 18.8 Å². The summed E-state index contributed by atoms with van der Waals surface area (Å²) in [5.41, 5.74) is 3.65. The van der Waals surface area contributed by atoms with Crippen molar-refractivity contribution in [2.75, 3.05) is 5.75 Å². The first-order valence-corrected chi connectivity index (χ1v) is 11.9. The van der Waals surface area contributed by atoms with Crippen LogP contribution < -0.4 is 5.32 Å². The van der Waals surface area contributed by atoms with E-state index in [1.54, 1.807) is 11.8 Å². The number of hydrogen-bond donors (Lipinski definition) is 1. The van der Waals surface area contributed by atoms with E-state index in [1.807, 2.05) is 41.0 Å². The van der Waals surface area contributed by atoms with Gasteiger partial charge in [0.15, 0.2) is 5.16 Å². The molecule has 2 aromatic carbocycles. The summed E-state index contributed by atoms with van der Waals surface area (Å²) < 4.78 is 2.03. The Morgan fingerprint density at radius 3 is 2.57 bits per heavy atom. The number of allylic oxidation sites excluding steroid dienone is 1. The van der Waals surface area contributed by atoms with E-state index in [-0.39, 0.29) is 5.91 Å². The van der Waals surface area contributed by atoms with E-state index < -0.39 is 0 Å². The maximum atomic E-state index is 12.2. The molecule has 0 saturated heterocycles. The SMILES string of the molecule is C=CCn1c(CSCc2ccc(C)cc2)nnc1SCC(=O)NCc1ccccc1. The van der Waals surface area contributed by atoms with Crippen LogP contribution in [0.1, 0.15) is 22.5 Å². The van der Waals surface area contributed by atoms with Gasteiger partial charge in [0.1, 0.15) is 5.82 Å². The Balaban J connectivity index is 1.50. The van der Waals surface area contributed by atoms with Gasteiger partial charge in [0.05, 0.1) is 11.5 Å². The first-order chi connectivity index (χ1) is 14.7. The van der Waals surface area contributed by atoms with Crippen LogP contribution >= 0.6 is 23.5 Å². The normalized spacial score (nSPS) is 10.7. The molecule has 7 heteroatoms. The lowest BCUT2D eigenvalue weighted by Gasteiger charge is -2.08. The molecule has 0 spiro atoms. The highest BCUT2D eigenvalue weighted by molar-refractivity contribution is 7.99. The summed E-state index contributed by atoms with van der Waals surface area (Å²) in [6, 6.07) is 18.5. The highest BCUT2D eigenvalue weighted by Gasteiger charge is 2.13. The molecule has 5 nitrogen and oxygen atoms in total. The molecule has 0 aliphatic rings. The molecule has 0 radical (unpaired) electrons. The highest BCUT2D eigenvalue weighted by atomic mass is 32.2. The monoisotopic (exact) mass is 438 g/mol. The van der Waals surface area contributed by atoms with Crippen molar-refractivity contribution in [2.24, 2.45) is 0 Å². The Morgan fingerprint density at radius 2 is 1.83 bits per heavy atom. The maximum Gasteiger partial charge on any atom is 0.230 e. The molecule has 30 heavy (non-hydrogen) atoms. The lowest BCUT2D eigenvalue weighted by atomic mass is 10.2. The predicted molar refractivity (Wildman–Crippen MR) is 125 cm³/mol. The number of hydrogen-bond acceptors (Lipinski definition) is 5. The number of nitrogens with one attached hydrogen (secondary N) is 1. The second-order valence-electron chi connectivity index (χ2n) is 6.83. The van der Waals surface area contributed by atoms with Gasteiger partial charge in [-0.3, -0.25) is 4.79 Å². The van der Waals surface area contributed by atoms with Crippen molar-refractivity contribution in [3.8, 4) is 0 Å². The third-order valence-corrected chi connectivity index (χ3v) is 6.36. The van der Waals surface area contributed by atoms with Crippen LogP contribution in [0.15, 0.2) is 72.4 Å². The van der Waals surface area contributed by atoms with Crippen LogP contribution in [0.4, 0.5) is 0 Å². The van der Waals surface area contributed by atoms with Crippen molar-refractivity contribution in [2.45, 2.75) is 36.7 Å². The molecule has 3 rings (SSSR count). The largest absolute Gasteiger partial charge is 0.351 e. The second kappa shape index (κ2) is 11.6. The smallest absolute Gasteiger partial charge is 0.230 e. The lowest BCUT2D eigenvalue weighted by molar-refractivity contribution is -0.118. The molecule has 156 valence electrons. The van der Waals surface area contributed by atoms with Gasteiger partial charge >= 0.3 is 0 Å². The zero-order valence-corrected chi connectivity index (χ0v) is 18.7. The summed E-state index contributed by atoms with van der Waals surface area (Å²) in [5, 5.41) is 12.3. The van der Waals surface area contributed by atoms with Gasteiger partial charge in [0.2, 0.25) is 5.91 Å². The number of amides is 1. The molecule has 0 saturated carbocycles. The van der Waals surface area contributed by atoms with Gasteiger partial charge in [-0.2, -0.15) is 0 Å². The maximum absolute atomic E-state index is 12.2. The standard InChI is InChI=1S/C23H26N4OS2/c1-3-13-27-21(16-29-15-20-11-9-18(2)10-12-20)25-26-23(27)30-17-22(28)24-14-19-7-5-4-6-8-19/h3-12H,1,13-17H2,2H3,(H,24,28). The van der Waals surface area contributed by atoms with Crippen LogP contribution in [0, 0.1) is 6.92 Å². The summed E-state index contributed by atoms with van der Waals surface area (Å²) in [6.45, 7) is 7.09. The summed E-state index contributed by atoms with van der Waals surface area (Å²) in [7, 11) is 0. The van der Waals surface area contributed by atoms with Gasteiger partial charge < -0.3 is 9.88 Å². The van der Waals surface area contributed by atoms with Crippen LogP contribution in [0.3, 0.4) is 0 Å².